The highest BCUT2D eigenvalue weighted by Crippen LogP contribution is 2.20. The van der Waals surface area contributed by atoms with Crippen LogP contribution >= 0.6 is 0 Å². The maximum absolute atomic E-state index is 10.6. The van der Waals surface area contributed by atoms with Crippen molar-refractivity contribution in [3.8, 4) is 0 Å². The lowest BCUT2D eigenvalue weighted by Crippen LogP contribution is -2.59. The number of unbranched alkanes of at least 4 members (excludes halogenated alkanes) is 2. The fraction of sp³-hybridized carbons (Fsp3) is 0.684. The quantitative estimate of drug-likeness (QED) is 0.678. The van der Waals surface area contributed by atoms with Crippen LogP contribution in [0.5, 0.6) is 0 Å². The molecule has 1 aliphatic heterocycles. The molecule has 24 heavy (non-hydrogen) atoms. The van der Waals surface area contributed by atoms with Crippen molar-refractivity contribution in [1.29, 1.82) is 0 Å². The van der Waals surface area contributed by atoms with Gasteiger partial charge in [-0.15, -0.1) is 0 Å². The largest absolute Gasteiger partial charge is 0.480 e. The number of fused-ring (bicyclic) bond motifs is 1. The summed E-state index contributed by atoms with van der Waals surface area (Å²) in [5.74, 6) is -0.732. The highest BCUT2D eigenvalue weighted by atomic mass is 16.4. The number of hydrogen-bond acceptors (Lipinski definition) is 4. The van der Waals surface area contributed by atoms with Gasteiger partial charge in [-0.1, -0.05) is 12.5 Å². The van der Waals surface area contributed by atoms with Crippen LogP contribution < -0.4 is 5.32 Å². The van der Waals surface area contributed by atoms with Gasteiger partial charge in [-0.3, -0.25) is 14.7 Å². The molecule has 0 saturated carbocycles. The van der Waals surface area contributed by atoms with E-state index in [0.29, 0.717) is 6.04 Å². The Kier molecular flexibility index (Phi) is 6.21. The Balaban J connectivity index is 1.24. The van der Waals surface area contributed by atoms with Gasteiger partial charge in [0.25, 0.3) is 0 Å². The summed E-state index contributed by atoms with van der Waals surface area (Å²) in [4.78, 5) is 17.4. The fourth-order valence-electron chi connectivity index (χ4n) is 3.70. The minimum Gasteiger partial charge on any atom is -0.480 e. The second-order valence-electron chi connectivity index (χ2n) is 7.17. The number of nitrogens with zero attached hydrogens (tertiary/aromatic N) is 2. The van der Waals surface area contributed by atoms with Gasteiger partial charge < -0.3 is 10.4 Å². The summed E-state index contributed by atoms with van der Waals surface area (Å²) in [6, 6.07) is 4.98. The van der Waals surface area contributed by atoms with Gasteiger partial charge >= 0.3 is 5.97 Å². The summed E-state index contributed by atoms with van der Waals surface area (Å²) in [5, 5.41) is 12.2. The van der Waals surface area contributed by atoms with Crippen molar-refractivity contribution in [1.82, 2.24) is 15.2 Å². The summed E-state index contributed by atoms with van der Waals surface area (Å²) >= 11 is 0. The summed E-state index contributed by atoms with van der Waals surface area (Å²) in [6.45, 7) is 2.94. The third kappa shape index (κ3) is 5.02. The third-order valence-electron chi connectivity index (χ3n) is 5.09. The van der Waals surface area contributed by atoms with Gasteiger partial charge in [-0.05, 0) is 63.1 Å². The van der Waals surface area contributed by atoms with Crippen LogP contribution in [0.3, 0.4) is 0 Å². The number of aromatic nitrogens is 1. The molecule has 0 unspecified atom stereocenters. The molecule has 1 fully saturated rings. The molecule has 1 saturated heterocycles. The molecule has 0 amide bonds. The molecule has 5 nitrogen and oxygen atoms in total. The van der Waals surface area contributed by atoms with E-state index in [1.165, 1.54) is 55.5 Å². The van der Waals surface area contributed by atoms with Crippen LogP contribution in [-0.2, 0) is 24.1 Å². The summed E-state index contributed by atoms with van der Waals surface area (Å²) in [7, 11) is 0. The van der Waals surface area contributed by atoms with Crippen LogP contribution in [0.4, 0.5) is 0 Å². The number of nitrogens with one attached hydrogen (secondary N) is 1. The van der Waals surface area contributed by atoms with E-state index in [1.54, 1.807) is 0 Å². The maximum Gasteiger partial charge on any atom is 0.317 e. The lowest BCUT2D eigenvalue weighted by atomic mass is 9.95. The van der Waals surface area contributed by atoms with Crippen molar-refractivity contribution in [3.63, 3.8) is 0 Å². The Morgan fingerprint density at radius 2 is 2.04 bits per heavy atom. The Morgan fingerprint density at radius 1 is 1.21 bits per heavy atom. The average molecular weight is 331 g/mol. The van der Waals surface area contributed by atoms with Gasteiger partial charge in [0.1, 0.15) is 0 Å². The topological polar surface area (TPSA) is 65.5 Å². The van der Waals surface area contributed by atoms with Gasteiger partial charge in [-0.25, -0.2) is 0 Å². The fourth-order valence-corrected chi connectivity index (χ4v) is 3.70. The summed E-state index contributed by atoms with van der Waals surface area (Å²) in [6.07, 6.45) is 9.66. The van der Waals surface area contributed by atoms with E-state index in [1.807, 2.05) is 4.90 Å². The number of carboxylic acids is 1. The molecule has 2 aliphatic rings. The number of pyridine rings is 1. The van der Waals surface area contributed by atoms with E-state index >= 15 is 0 Å². The molecule has 132 valence electrons. The highest BCUT2D eigenvalue weighted by Gasteiger charge is 2.27. The van der Waals surface area contributed by atoms with Crippen LogP contribution in [0, 0.1) is 0 Å². The molecule has 0 bridgehead atoms. The first-order chi connectivity index (χ1) is 11.7. The van der Waals surface area contributed by atoms with Crippen molar-refractivity contribution < 1.29 is 9.90 Å². The number of aliphatic carboxylic acids is 1. The van der Waals surface area contributed by atoms with Crippen LogP contribution in [0.1, 0.15) is 49.1 Å². The lowest BCUT2D eigenvalue weighted by molar-refractivity contribution is -0.139. The molecule has 1 aromatic rings. The zero-order valence-electron chi connectivity index (χ0n) is 14.5. The lowest BCUT2D eigenvalue weighted by Gasteiger charge is -2.38. The smallest absolute Gasteiger partial charge is 0.317 e. The molecule has 2 heterocycles. The average Bonchev–Trinajstić information content (AvgIpc) is 2.54. The van der Waals surface area contributed by atoms with Crippen molar-refractivity contribution >= 4 is 5.97 Å². The standard InChI is InChI=1S/C19H29N3O2/c23-19(24)14-22-12-17(13-22)20-11-5-1-2-7-16-10-9-15-6-3-4-8-18(15)21-16/h9-10,17,20H,1-8,11-14H2,(H,23,24). The molecular formula is C19H29N3O2. The highest BCUT2D eigenvalue weighted by molar-refractivity contribution is 5.69. The van der Waals surface area contributed by atoms with Gasteiger partial charge in [0.05, 0.1) is 6.54 Å². The molecular weight excluding hydrogens is 302 g/mol. The van der Waals surface area contributed by atoms with Crippen LogP contribution in [0.25, 0.3) is 0 Å². The SMILES string of the molecule is O=C(O)CN1CC(NCCCCCc2ccc3c(n2)CCCC3)C1. The normalized spacial score (nSPS) is 18.2. The van der Waals surface area contributed by atoms with Gasteiger partial charge in [0.2, 0.25) is 0 Å². The van der Waals surface area contributed by atoms with E-state index < -0.39 is 5.97 Å². The molecule has 1 aromatic heterocycles. The molecule has 0 spiro atoms. The van der Waals surface area contributed by atoms with Crippen LogP contribution in [-0.4, -0.2) is 53.2 Å². The monoisotopic (exact) mass is 331 g/mol. The number of rotatable bonds is 9. The van der Waals surface area contributed by atoms with Gasteiger partial charge in [0.15, 0.2) is 0 Å². The first-order valence-corrected chi connectivity index (χ1v) is 9.36. The Bertz CT molecular complexity index is 556. The second-order valence-corrected chi connectivity index (χ2v) is 7.17. The van der Waals surface area contributed by atoms with Crippen molar-refractivity contribution in [3.05, 3.63) is 29.1 Å². The van der Waals surface area contributed by atoms with E-state index in [2.05, 4.69) is 17.4 Å². The summed E-state index contributed by atoms with van der Waals surface area (Å²) < 4.78 is 0. The third-order valence-corrected chi connectivity index (χ3v) is 5.09. The summed E-state index contributed by atoms with van der Waals surface area (Å²) in [5.41, 5.74) is 4.06. The minimum atomic E-state index is -0.732. The van der Waals surface area contributed by atoms with Crippen LogP contribution in [0.2, 0.25) is 0 Å². The number of likely N-dealkylation sites (tertiary alicyclic amines) is 1. The Morgan fingerprint density at radius 3 is 2.88 bits per heavy atom. The Hall–Kier alpha value is -1.46. The van der Waals surface area contributed by atoms with Crippen molar-refractivity contribution in [2.45, 2.75) is 57.4 Å². The van der Waals surface area contributed by atoms with Crippen molar-refractivity contribution in [2.24, 2.45) is 0 Å². The van der Waals surface area contributed by atoms with Crippen LogP contribution in [0.15, 0.2) is 12.1 Å². The number of carboxylic acid groups (broad SMARTS) is 1. The molecule has 1 aliphatic carbocycles. The van der Waals surface area contributed by atoms with Gasteiger partial charge in [-0.2, -0.15) is 0 Å². The molecule has 2 N–H and O–H groups in total. The van der Waals surface area contributed by atoms with E-state index in [-0.39, 0.29) is 6.54 Å². The number of carbonyl (C=O) groups is 1. The maximum atomic E-state index is 10.6. The van der Waals surface area contributed by atoms with E-state index in [0.717, 1.165) is 32.5 Å². The molecule has 0 atom stereocenters. The first-order valence-electron chi connectivity index (χ1n) is 9.36. The van der Waals surface area contributed by atoms with E-state index in [4.69, 9.17) is 10.1 Å². The van der Waals surface area contributed by atoms with E-state index in [9.17, 15) is 4.79 Å². The molecule has 5 heteroatoms. The molecule has 0 aromatic carbocycles. The number of hydrogen-bond donors (Lipinski definition) is 2. The molecule has 3 rings (SSSR count). The zero-order chi connectivity index (χ0) is 16.8. The predicted octanol–water partition coefficient (Wildman–Crippen LogP) is 2.03. The van der Waals surface area contributed by atoms with Crippen molar-refractivity contribution in [2.75, 3.05) is 26.2 Å². The molecule has 0 radical (unpaired) electrons. The number of aryl methyl sites for hydroxylation is 3. The Labute approximate surface area is 144 Å². The van der Waals surface area contributed by atoms with Gasteiger partial charge in [0, 0.05) is 30.5 Å². The second kappa shape index (κ2) is 8.58. The predicted molar refractivity (Wildman–Crippen MR) is 94.3 cm³/mol. The zero-order valence-corrected chi connectivity index (χ0v) is 14.5. The first kappa shape index (κ1) is 17.4. The minimum absolute atomic E-state index is 0.173.